The molecule has 0 spiro atoms. The molecule has 0 saturated carbocycles. The molecule has 0 fully saturated rings. The summed E-state index contributed by atoms with van der Waals surface area (Å²) >= 11 is 15.4. The van der Waals surface area contributed by atoms with Crippen LogP contribution in [0, 0.1) is 6.92 Å². The van der Waals surface area contributed by atoms with Gasteiger partial charge in [0.2, 0.25) is 0 Å². The number of halogens is 3. The van der Waals surface area contributed by atoms with Gasteiger partial charge in [-0.15, -0.1) is 0 Å². The van der Waals surface area contributed by atoms with Gasteiger partial charge in [0.25, 0.3) is 5.91 Å². The predicted octanol–water partition coefficient (Wildman–Crippen LogP) is 5.47. The summed E-state index contributed by atoms with van der Waals surface area (Å²) in [6.07, 6.45) is -0.698. The molecule has 2 rings (SSSR count). The van der Waals surface area contributed by atoms with Gasteiger partial charge in [0.1, 0.15) is 5.75 Å². The SMILES string of the molecule is Cc1cc(Br)cc(Cl)c1O[C@H](C)C(=O)Nc1cccc(Cl)c1. The number of hydrogen-bond acceptors (Lipinski definition) is 2. The number of rotatable bonds is 4. The van der Waals surface area contributed by atoms with Crippen molar-refractivity contribution >= 4 is 50.7 Å². The van der Waals surface area contributed by atoms with Gasteiger partial charge in [-0.2, -0.15) is 0 Å². The van der Waals surface area contributed by atoms with Crippen LogP contribution in [0.25, 0.3) is 0 Å². The van der Waals surface area contributed by atoms with E-state index in [1.165, 1.54) is 0 Å². The first-order valence-electron chi connectivity index (χ1n) is 6.55. The molecule has 2 aromatic rings. The molecule has 0 aliphatic carbocycles. The topological polar surface area (TPSA) is 38.3 Å². The van der Waals surface area contributed by atoms with Crippen LogP contribution in [0.4, 0.5) is 5.69 Å². The molecule has 22 heavy (non-hydrogen) atoms. The van der Waals surface area contributed by atoms with E-state index in [2.05, 4.69) is 21.2 Å². The molecule has 0 saturated heterocycles. The number of nitrogens with one attached hydrogen (secondary N) is 1. The first kappa shape index (κ1) is 17.1. The Balaban J connectivity index is 2.09. The molecule has 0 radical (unpaired) electrons. The lowest BCUT2D eigenvalue weighted by molar-refractivity contribution is -0.122. The standard InChI is InChI=1S/C16H14BrCl2NO2/c1-9-6-11(17)7-14(19)15(9)22-10(2)16(21)20-13-5-3-4-12(18)8-13/h3-8,10H,1-2H3,(H,20,21)/t10-/m1/s1. The van der Waals surface area contributed by atoms with Crippen molar-refractivity contribution in [2.75, 3.05) is 5.32 Å². The fourth-order valence-corrected chi connectivity index (χ4v) is 3.08. The normalized spacial score (nSPS) is 11.9. The van der Waals surface area contributed by atoms with Gasteiger partial charge in [0.05, 0.1) is 5.02 Å². The second-order valence-electron chi connectivity index (χ2n) is 4.79. The minimum atomic E-state index is -0.698. The number of ether oxygens (including phenoxy) is 1. The monoisotopic (exact) mass is 401 g/mol. The summed E-state index contributed by atoms with van der Waals surface area (Å²) < 4.78 is 6.56. The minimum Gasteiger partial charge on any atom is -0.479 e. The van der Waals surface area contributed by atoms with Crippen molar-refractivity contribution in [3.05, 3.63) is 56.5 Å². The summed E-state index contributed by atoms with van der Waals surface area (Å²) in [5, 5.41) is 3.76. The number of amides is 1. The van der Waals surface area contributed by atoms with E-state index >= 15 is 0 Å². The number of aryl methyl sites for hydroxylation is 1. The van der Waals surface area contributed by atoms with Crippen LogP contribution in [0.15, 0.2) is 40.9 Å². The molecule has 0 aliphatic heterocycles. The minimum absolute atomic E-state index is 0.277. The molecule has 6 heteroatoms. The highest BCUT2D eigenvalue weighted by atomic mass is 79.9. The van der Waals surface area contributed by atoms with Crippen LogP contribution in [-0.2, 0) is 4.79 Å². The Bertz CT molecular complexity index is 683. The molecule has 116 valence electrons. The maximum atomic E-state index is 12.2. The number of carbonyl (C=O) groups is 1. The van der Waals surface area contributed by atoms with Gasteiger partial charge in [0, 0.05) is 15.2 Å². The third kappa shape index (κ3) is 4.38. The molecular weight excluding hydrogens is 389 g/mol. The molecule has 0 bridgehead atoms. The maximum absolute atomic E-state index is 12.2. The van der Waals surface area contributed by atoms with Crippen molar-refractivity contribution in [3.63, 3.8) is 0 Å². The van der Waals surface area contributed by atoms with Crippen LogP contribution < -0.4 is 10.1 Å². The second-order valence-corrected chi connectivity index (χ2v) is 6.55. The Morgan fingerprint density at radius 1 is 1.27 bits per heavy atom. The Kier molecular flexibility index (Phi) is 5.73. The maximum Gasteiger partial charge on any atom is 0.265 e. The van der Waals surface area contributed by atoms with Crippen LogP contribution in [0.1, 0.15) is 12.5 Å². The van der Waals surface area contributed by atoms with Gasteiger partial charge in [-0.25, -0.2) is 0 Å². The van der Waals surface area contributed by atoms with E-state index in [9.17, 15) is 4.79 Å². The highest BCUT2D eigenvalue weighted by Crippen LogP contribution is 2.32. The Morgan fingerprint density at radius 3 is 2.64 bits per heavy atom. The van der Waals surface area contributed by atoms with Crippen molar-refractivity contribution in [1.82, 2.24) is 0 Å². The summed E-state index contributed by atoms with van der Waals surface area (Å²) in [6, 6.07) is 10.5. The zero-order valence-corrected chi connectivity index (χ0v) is 15.1. The van der Waals surface area contributed by atoms with Crippen molar-refractivity contribution in [1.29, 1.82) is 0 Å². The number of anilines is 1. The third-order valence-electron chi connectivity index (χ3n) is 2.95. The molecule has 1 N–H and O–H groups in total. The molecule has 2 aromatic carbocycles. The van der Waals surface area contributed by atoms with Gasteiger partial charge >= 0.3 is 0 Å². The van der Waals surface area contributed by atoms with E-state index in [4.69, 9.17) is 27.9 Å². The quantitative estimate of drug-likeness (QED) is 0.736. The summed E-state index contributed by atoms with van der Waals surface area (Å²) in [5.74, 6) is 0.222. The van der Waals surface area contributed by atoms with E-state index in [1.807, 2.05) is 13.0 Å². The molecule has 1 atom stereocenters. The zero-order valence-electron chi connectivity index (χ0n) is 12.0. The molecule has 0 aliphatic rings. The van der Waals surface area contributed by atoms with E-state index < -0.39 is 6.10 Å². The highest BCUT2D eigenvalue weighted by molar-refractivity contribution is 9.10. The molecular formula is C16H14BrCl2NO2. The summed E-state index contributed by atoms with van der Waals surface area (Å²) in [5.41, 5.74) is 1.47. The summed E-state index contributed by atoms with van der Waals surface area (Å²) in [6.45, 7) is 3.53. The molecule has 0 unspecified atom stereocenters. The van der Waals surface area contributed by atoms with E-state index in [1.54, 1.807) is 37.3 Å². The third-order valence-corrected chi connectivity index (χ3v) is 3.92. The lowest BCUT2D eigenvalue weighted by Gasteiger charge is -2.17. The van der Waals surface area contributed by atoms with Gasteiger partial charge in [0.15, 0.2) is 6.10 Å². The summed E-state index contributed by atoms with van der Waals surface area (Å²) in [4.78, 5) is 12.2. The van der Waals surface area contributed by atoms with Crippen molar-refractivity contribution in [3.8, 4) is 5.75 Å². The lowest BCUT2D eigenvalue weighted by atomic mass is 10.2. The van der Waals surface area contributed by atoms with Gasteiger partial charge in [-0.3, -0.25) is 4.79 Å². The van der Waals surface area contributed by atoms with E-state index in [0.717, 1.165) is 10.0 Å². The van der Waals surface area contributed by atoms with Crippen LogP contribution >= 0.6 is 39.1 Å². The van der Waals surface area contributed by atoms with Gasteiger partial charge in [-0.1, -0.05) is 45.2 Å². The van der Waals surface area contributed by atoms with Crippen molar-refractivity contribution < 1.29 is 9.53 Å². The lowest BCUT2D eigenvalue weighted by Crippen LogP contribution is -2.30. The van der Waals surface area contributed by atoms with Crippen LogP contribution in [0.5, 0.6) is 5.75 Å². The predicted molar refractivity (Wildman–Crippen MR) is 94.1 cm³/mol. The fraction of sp³-hybridized carbons (Fsp3) is 0.188. The Labute approximate surface area is 147 Å². The van der Waals surface area contributed by atoms with E-state index in [0.29, 0.717) is 21.5 Å². The molecule has 0 aromatic heterocycles. The number of carbonyl (C=O) groups excluding carboxylic acids is 1. The van der Waals surface area contributed by atoms with Crippen molar-refractivity contribution in [2.24, 2.45) is 0 Å². The molecule has 0 heterocycles. The number of benzene rings is 2. The van der Waals surface area contributed by atoms with E-state index in [-0.39, 0.29) is 5.91 Å². The number of hydrogen-bond donors (Lipinski definition) is 1. The average molecular weight is 403 g/mol. The zero-order chi connectivity index (χ0) is 16.3. The molecule has 3 nitrogen and oxygen atoms in total. The van der Waals surface area contributed by atoms with Crippen molar-refractivity contribution in [2.45, 2.75) is 20.0 Å². The second kappa shape index (κ2) is 7.36. The van der Waals surface area contributed by atoms with Crippen LogP contribution in [0.3, 0.4) is 0 Å². The van der Waals surface area contributed by atoms with Gasteiger partial charge < -0.3 is 10.1 Å². The summed E-state index contributed by atoms with van der Waals surface area (Å²) in [7, 11) is 0. The Hall–Kier alpha value is -1.23. The van der Waals surface area contributed by atoms with Crippen LogP contribution in [0.2, 0.25) is 10.0 Å². The molecule has 1 amide bonds. The average Bonchev–Trinajstić information content (AvgIpc) is 2.42. The fourth-order valence-electron chi connectivity index (χ4n) is 1.88. The smallest absolute Gasteiger partial charge is 0.265 e. The van der Waals surface area contributed by atoms with Crippen LogP contribution in [-0.4, -0.2) is 12.0 Å². The van der Waals surface area contributed by atoms with Gasteiger partial charge in [-0.05, 0) is 49.7 Å². The largest absolute Gasteiger partial charge is 0.479 e. The first-order valence-corrected chi connectivity index (χ1v) is 8.10. The Morgan fingerprint density at radius 2 is 2.00 bits per heavy atom. The highest BCUT2D eigenvalue weighted by Gasteiger charge is 2.18. The first-order chi connectivity index (χ1) is 10.4.